The third-order valence-electron chi connectivity index (χ3n) is 3.80. The molecule has 3 rings (SSSR count). The zero-order valence-electron chi connectivity index (χ0n) is 14.2. The Bertz CT molecular complexity index is 789. The molecule has 8 nitrogen and oxygen atoms in total. The summed E-state index contributed by atoms with van der Waals surface area (Å²) in [4.78, 5) is 10.8. The number of aromatic nitrogens is 5. The lowest BCUT2D eigenvalue weighted by atomic mass is 10.2. The van der Waals surface area contributed by atoms with E-state index in [2.05, 4.69) is 30.2 Å². The molecule has 0 saturated carbocycles. The van der Waals surface area contributed by atoms with Crippen LogP contribution in [0.15, 0.2) is 22.9 Å². The average molecular weight is 328 g/mol. The summed E-state index contributed by atoms with van der Waals surface area (Å²) >= 11 is 0. The summed E-state index contributed by atoms with van der Waals surface area (Å²) in [6.07, 6.45) is 1.73. The Morgan fingerprint density at radius 1 is 1.29 bits per heavy atom. The molecule has 0 radical (unpaired) electrons. The van der Waals surface area contributed by atoms with Gasteiger partial charge in [-0.05, 0) is 26.0 Å². The molecule has 24 heavy (non-hydrogen) atoms. The smallest absolute Gasteiger partial charge is 0.259 e. The Labute approximate surface area is 139 Å². The highest BCUT2D eigenvalue weighted by molar-refractivity contribution is 5.54. The van der Waals surface area contributed by atoms with Crippen molar-refractivity contribution in [1.29, 1.82) is 0 Å². The first kappa shape index (κ1) is 16.1. The van der Waals surface area contributed by atoms with Gasteiger partial charge in [-0.1, -0.05) is 5.16 Å². The number of rotatable bonds is 6. The lowest BCUT2D eigenvalue weighted by Crippen LogP contribution is -2.18. The van der Waals surface area contributed by atoms with Crippen LogP contribution in [0.1, 0.15) is 22.8 Å². The summed E-state index contributed by atoms with van der Waals surface area (Å²) in [5, 5.41) is 11.1. The molecule has 0 aliphatic heterocycles. The normalized spacial score (nSPS) is 11.0. The SMILES string of the molecule is COCc1noc(-c2ccc(N(C)Cc3c(C)n[nH]c3C)nc2)n1. The number of aromatic amines is 1. The van der Waals surface area contributed by atoms with Crippen molar-refractivity contribution in [2.45, 2.75) is 27.0 Å². The van der Waals surface area contributed by atoms with Gasteiger partial charge in [0.2, 0.25) is 0 Å². The summed E-state index contributed by atoms with van der Waals surface area (Å²) < 4.78 is 10.2. The molecular formula is C16H20N6O2. The molecule has 0 atom stereocenters. The highest BCUT2D eigenvalue weighted by atomic mass is 16.5. The van der Waals surface area contributed by atoms with Gasteiger partial charge in [-0.3, -0.25) is 5.10 Å². The van der Waals surface area contributed by atoms with Crippen molar-refractivity contribution in [2.75, 3.05) is 19.1 Å². The zero-order valence-corrected chi connectivity index (χ0v) is 14.2. The Morgan fingerprint density at radius 3 is 2.75 bits per heavy atom. The molecule has 0 bridgehead atoms. The summed E-state index contributed by atoms with van der Waals surface area (Å²) in [5.74, 6) is 1.81. The second-order valence-electron chi connectivity index (χ2n) is 5.62. The molecule has 0 amide bonds. The number of nitrogens with zero attached hydrogens (tertiary/aromatic N) is 5. The molecule has 0 fully saturated rings. The third-order valence-corrected chi connectivity index (χ3v) is 3.80. The van der Waals surface area contributed by atoms with Crippen molar-refractivity contribution in [3.8, 4) is 11.5 Å². The minimum Gasteiger partial charge on any atom is -0.377 e. The molecule has 8 heteroatoms. The van der Waals surface area contributed by atoms with Crippen LogP contribution in [-0.2, 0) is 17.9 Å². The van der Waals surface area contributed by atoms with E-state index >= 15 is 0 Å². The van der Waals surface area contributed by atoms with Crippen LogP contribution in [0, 0.1) is 13.8 Å². The van der Waals surface area contributed by atoms with E-state index in [1.54, 1.807) is 13.3 Å². The monoisotopic (exact) mass is 328 g/mol. The van der Waals surface area contributed by atoms with Gasteiger partial charge in [0, 0.05) is 38.2 Å². The molecule has 0 aromatic carbocycles. The van der Waals surface area contributed by atoms with Gasteiger partial charge < -0.3 is 14.2 Å². The Hall–Kier alpha value is -2.74. The van der Waals surface area contributed by atoms with Crippen LogP contribution in [0.3, 0.4) is 0 Å². The maximum absolute atomic E-state index is 5.21. The van der Waals surface area contributed by atoms with Gasteiger partial charge in [0.25, 0.3) is 5.89 Å². The fourth-order valence-electron chi connectivity index (χ4n) is 2.42. The van der Waals surface area contributed by atoms with Crippen molar-refractivity contribution >= 4 is 5.82 Å². The number of aryl methyl sites for hydroxylation is 2. The van der Waals surface area contributed by atoms with E-state index in [4.69, 9.17) is 9.26 Å². The van der Waals surface area contributed by atoms with Crippen molar-refractivity contribution in [3.63, 3.8) is 0 Å². The Morgan fingerprint density at radius 2 is 2.12 bits per heavy atom. The molecule has 0 unspecified atom stereocenters. The van der Waals surface area contributed by atoms with Gasteiger partial charge in [-0.15, -0.1) is 0 Å². The van der Waals surface area contributed by atoms with Gasteiger partial charge in [0.15, 0.2) is 5.82 Å². The number of hydrogen-bond acceptors (Lipinski definition) is 7. The van der Waals surface area contributed by atoms with Crippen molar-refractivity contribution < 1.29 is 9.26 Å². The Kier molecular flexibility index (Phi) is 4.57. The summed E-state index contributed by atoms with van der Waals surface area (Å²) in [5.41, 5.74) is 4.04. The number of nitrogens with one attached hydrogen (secondary N) is 1. The fourth-order valence-corrected chi connectivity index (χ4v) is 2.42. The van der Waals surface area contributed by atoms with Crippen molar-refractivity contribution in [3.05, 3.63) is 41.1 Å². The second kappa shape index (κ2) is 6.79. The predicted molar refractivity (Wildman–Crippen MR) is 88.4 cm³/mol. The molecule has 0 spiro atoms. The second-order valence-corrected chi connectivity index (χ2v) is 5.62. The largest absolute Gasteiger partial charge is 0.377 e. The lowest BCUT2D eigenvalue weighted by Gasteiger charge is -2.18. The zero-order chi connectivity index (χ0) is 17.1. The van der Waals surface area contributed by atoms with Gasteiger partial charge in [0.05, 0.1) is 11.3 Å². The van der Waals surface area contributed by atoms with E-state index in [-0.39, 0.29) is 0 Å². The molecule has 1 N–H and O–H groups in total. The number of pyridine rings is 1. The molecular weight excluding hydrogens is 308 g/mol. The highest BCUT2D eigenvalue weighted by Gasteiger charge is 2.12. The van der Waals surface area contributed by atoms with Crippen LogP contribution in [0.5, 0.6) is 0 Å². The van der Waals surface area contributed by atoms with Crippen LogP contribution in [-0.4, -0.2) is 39.5 Å². The van der Waals surface area contributed by atoms with E-state index < -0.39 is 0 Å². The van der Waals surface area contributed by atoms with E-state index in [1.165, 1.54) is 5.56 Å². The number of anilines is 1. The maximum Gasteiger partial charge on any atom is 0.259 e. The number of methoxy groups -OCH3 is 1. The van der Waals surface area contributed by atoms with Crippen LogP contribution in [0.2, 0.25) is 0 Å². The predicted octanol–water partition coefficient (Wildman–Crippen LogP) is 2.25. The maximum atomic E-state index is 5.21. The lowest BCUT2D eigenvalue weighted by molar-refractivity contribution is 0.174. The van der Waals surface area contributed by atoms with Gasteiger partial charge in [-0.25, -0.2) is 4.98 Å². The standard InChI is InChI=1S/C16H20N6O2/c1-10-13(11(2)20-19-10)8-22(3)15-6-5-12(7-17-15)16-18-14(9-23-4)21-24-16/h5-7H,8-9H2,1-4H3,(H,19,20). The van der Waals surface area contributed by atoms with Crippen molar-refractivity contribution in [2.24, 2.45) is 0 Å². The first-order valence-corrected chi connectivity index (χ1v) is 7.58. The number of hydrogen-bond donors (Lipinski definition) is 1. The van der Waals surface area contributed by atoms with Crippen molar-refractivity contribution in [1.82, 2.24) is 25.3 Å². The first-order chi connectivity index (χ1) is 11.6. The molecule has 0 aliphatic carbocycles. The molecule has 0 saturated heterocycles. The Balaban J connectivity index is 1.73. The van der Waals surface area contributed by atoms with Gasteiger partial charge in [-0.2, -0.15) is 10.1 Å². The summed E-state index contributed by atoms with van der Waals surface area (Å²) in [6, 6.07) is 3.85. The molecule has 126 valence electrons. The number of ether oxygens (including phenoxy) is 1. The minimum atomic E-state index is 0.321. The van der Waals surface area contributed by atoms with Gasteiger partial charge in [0.1, 0.15) is 12.4 Å². The molecule has 3 heterocycles. The molecule has 3 aromatic heterocycles. The average Bonchev–Trinajstić information content (AvgIpc) is 3.17. The van der Waals surface area contributed by atoms with Crippen LogP contribution in [0.4, 0.5) is 5.82 Å². The van der Waals surface area contributed by atoms with Crippen LogP contribution < -0.4 is 4.90 Å². The fraction of sp³-hybridized carbons (Fsp3) is 0.375. The minimum absolute atomic E-state index is 0.321. The van der Waals surface area contributed by atoms with Crippen LogP contribution in [0.25, 0.3) is 11.5 Å². The summed E-state index contributed by atoms with van der Waals surface area (Å²) in [6.45, 7) is 5.07. The van der Waals surface area contributed by atoms with E-state index in [1.807, 2.05) is 33.0 Å². The number of H-pyrrole nitrogens is 1. The van der Waals surface area contributed by atoms with E-state index in [0.717, 1.165) is 29.3 Å². The molecule has 0 aliphatic rings. The quantitative estimate of drug-likeness (QED) is 0.741. The topological polar surface area (TPSA) is 93.0 Å². The van der Waals surface area contributed by atoms with E-state index in [0.29, 0.717) is 18.3 Å². The van der Waals surface area contributed by atoms with Crippen LogP contribution >= 0.6 is 0 Å². The third kappa shape index (κ3) is 3.28. The molecule has 3 aromatic rings. The first-order valence-electron chi connectivity index (χ1n) is 7.58. The summed E-state index contributed by atoms with van der Waals surface area (Å²) in [7, 11) is 3.59. The van der Waals surface area contributed by atoms with E-state index in [9.17, 15) is 0 Å². The van der Waals surface area contributed by atoms with Gasteiger partial charge >= 0.3 is 0 Å². The highest BCUT2D eigenvalue weighted by Crippen LogP contribution is 2.21.